The summed E-state index contributed by atoms with van der Waals surface area (Å²) in [6.45, 7) is 0.293. The molecule has 0 radical (unpaired) electrons. The number of ether oxygens (including phenoxy) is 1. The molecular formula is C14H12BrF2NO. The molecule has 0 aliphatic carbocycles. The third kappa shape index (κ3) is 3.23. The van der Waals surface area contributed by atoms with Gasteiger partial charge in [-0.3, -0.25) is 0 Å². The number of anilines is 1. The standard InChI is InChI=1S/C14H12BrF2NO/c1-19-13-4-2-3-9(14(13)17)8-18-10-5-6-12(16)11(15)7-10/h2-7,18H,8H2,1H3. The molecule has 0 heterocycles. The minimum atomic E-state index is -0.390. The molecule has 0 amide bonds. The topological polar surface area (TPSA) is 21.3 Å². The fraction of sp³-hybridized carbons (Fsp3) is 0.143. The summed E-state index contributed by atoms with van der Waals surface area (Å²) in [4.78, 5) is 0. The monoisotopic (exact) mass is 327 g/mol. The van der Waals surface area contributed by atoms with E-state index in [9.17, 15) is 8.78 Å². The average molecular weight is 328 g/mol. The first kappa shape index (κ1) is 13.8. The molecule has 2 nitrogen and oxygen atoms in total. The molecule has 0 spiro atoms. The van der Waals surface area contributed by atoms with Gasteiger partial charge in [0.05, 0.1) is 11.6 Å². The molecule has 0 saturated heterocycles. The average Bonchev–Trinajstić information content (AvgIpc) is 2.41. The SMILES string of the molecule is COc1cccc(CNc2ccc(F)c(Br)c2)c1F. The number of hydrogen-bond acceptors (Lipinski definition) is 2. The van der Waals surface area contributed by atoms with Gasteiger partial charge in [0.2, 0.25) is 0 Å². The van der Waals surface area contributed by atoms with E-state index in [0.29, 0.717) is 22.3 Å². The molecule has 2 aromatic rings. The van der Waals surface area contributed by atoms with Crippen molar-refractivity contribution in [2.24, 2.45) is 0 Å². The van der Waals surface area contributed by atoms with Gasteiger partial charge in [-0.1, -0.05) is 12.1 Å². The Hall–Kier alpha value is -1.62. The lowest BCUT2D eigenvalue weighted by molar-refractivity contribution is 0.384. The van der Waals surface area contributed by atoms with Gasteiger partial charge in [-0.2, -0.15) is 0 Å². The highest BCUT2D eigenvalue weighted by Crippen LogP contribution is 2.23. The zero-order valence-corrected chi connectivity index (χ0v) is 11.8. The van der Waals surface area contributed by atoms with Crippen LogP contribution in [0.2, 0.25) is 0 Å². The largest absolute Gasteiger partial charge is 0.494 e. The lowest BCUT2D eigenvalue weighted by Gasteiger charge is -2.10. The molecule has 2 aromatic carbocycles. The zero-order chi connectivity index (χ0) is 13.8. The van der Waals surface area contributed by atoms with E-state index in [4.69, 9.17) is 4.74 Å². The number of hydrogen-bond donors (Lipinski definition) is 1. The van der Waals surface area contributed by atoms with Gasteiger partial charge in [0.25, 0.3) is 0 Å². The molecule has 0 saturated carbocycles. The highest BCUT2D eigenvalue weighted by atomic mass is 79.9. The molecule has 0 atom stereocenters. The first-order valence-corrected chi connectivity index (χ1v) is 6.41. The number of halogens is 3. The summed E-state index contributed by atoms with van der Waals surface area (Å²) < 4.78 is 32.2. The van der Waals surface area contributed by atoms with Gasteiger partial charge >= 0.3 is 0 Å². The smallest absolute Gasteiger partial charge is 0.170 e. The molecule has 0 aliphatic heterocycles. The quantitative estimate of drug-likeness (QED) is 0.901. The fourth-order valence-electron chi connectivity index (χ4n) is 1.65. The first-order valence-electron chi connectivity index (χ1n) is 5.62. The third-order valence-corrected chi connectivity index (χ3v) is 3.27. The van der Waals surface area contributed by atoms with Crippen LogP contribution in [0.5, 0.6) is 5.75 Å². The second-order valence-electron chi connectivity index (χ2n) is 3.92. The minimum Gasteiger partial charge on any atom is -0.494 e. The Bertz CT molecular complexity index is 590. The Morgan fingerprint density at radius 2 is 2.00 bits per heavy atom. The molecule has 100 valence electrons. The van der Waals surface area contributed by atoms with Crippen LogP contribution in [0.1, 0.15) is 5.56 Å². The Labute approximate surface area is 118 Å². The summed E-state index contributed by atoms with van der Waals surface area (Å²) in [6.07, 6.45) is 0. The predicted octanol–water partition coefficient (Wildman–Crippen LogP) is 4.35. The predicted molar refractivity (Wildman–Crippen MR) is 74.4 cm³/mol. The van der Waals surface area contributed by atoms with Crippen LogP contribution < -0.4 is 10.1 Å². The Morgan fingerprint density at radius 3 is 2.68 bits per heavy atom. The normalized spacial score (nSPS) is 10.3. The third-order valence-electron chi connectivity index (χ3n) is 2.67. The lowest BCUT2D eigenvalue weighted by atomic mass is 10.2. The first-order chi connectivity index (χ1) is 9.11. The summed E-state index contributed by atoms with van der Waals surface area (Å²) >= 11 is 3.10. The highest BCUT2D eigenvalue weighted by Gasteiger charge is 2.08. The molecule has 0 bridgehead atoms. The van der Waals surface area contributed by atoms with Gasteiger partial charge in [0.1, 0.15) is 5.82 Å². The van der Waals surface area contributed by atoms with Crippen molar-refractivity contribution in [3.05, 3.63) is 58.1 Å². The van der Waals surface area contributed by atoms with E-state index in [2.05, 4.69) is 21.2 Å². The van der Waals surface area contributed by atoms with Crippen LogP contribution in [0.25, 0.3) is 0 Å². The van der Waals surface area contributed by atoms with E-state index in [1.807, 2.05) is 0 Å². The second kappa shape index (κ2) is 6.02. The second-order valence-corrected chi connectivity index (χ2v) is 4.77. The van der Waals surface area contributed by atoms with Gasteiger partial charge in [0, 0.05) is 17.8 Å². The summed E-state index contributed by atoms with van der Waals surface area (Å²) in [7, 11) is 1.42. The van der Waals surface area contributed by atoms with E-state index in [0.717, 1.165) is 0 Å². The van der Waals surface area contributed by atoms with E-state index < -0.39 is 5.82 Å². The molecule has 0 aromatic heterocycles. The number of nitrogens with one attached hydrogen (secondary N) is 1. The number of benzene rings is 2. The van der Waals surface area contributed by atoms with Crippen molar-refractivity contribution in [2.75, 3.05) is 12.4 Å². The maximum Gasteiger partial charge on any atom is 0.170 e. The summed E-state index contributed by atoms with van der Waals surface area (Å²) in [5, 5.41) is 3.03. The van der Waals surface area contributed by atoms with Gasteiger partial charge in [-0.15, -0.1) is 0 Å². The Morgan fingerprint density at radius 1 is 1.21 bits per heavy atom. The molecular weight excluding hydrogens is 316 g/mol. The van der Waals surface area contributed by atoms with Crippen LogP contribution in [0, 0.1) is 11.6 Å². The molecule has 5 heteroatoms. The molecule has 0 fully saturated rings. The van der Waals surface area contributed by atoms with E-state index >= 15 is 0 Å². The highest BCUT2D eigenvalue weighted by molar-refractivity contribution is 9.10. The van der Waals surface area contributed by atoms with Gasteiger partial charge in [-0.25, -0.2) is 8.78 Å². The maximum absolute atomic E-state index is 13.9. The molecule has 0 aliphatic rings. The number of methoxy groups -OCH3 is 1. The summed E-state index contributed by atoms with van der Waals surface area (Å²) in [5.74, 6) is -0.517. The van der Waals surface area contributed by atoms with E-state index in [1.54, 1.807) is 30.3 Å². The van der Waals surface area contributed by atoms with Crippen LogP contribution in [0.15, 0.2) is 40.9 Å². The van der Waals surface area contributed by atoms with Crippen molar-refractivity contribution < 1.29 is 13.5 Å². The molecule has 2 rings (SSSR count). The van der Waals surface area contributed by atoms with E-state index in [-0.39, 0.29) is 11.6 Å². The van der Waals surface area contributed by atoms with E-state index in [1.165, 1.54) is 13.2 Å². The summed E-state index contributed by atoms with van der Waals surface area (Å²) in [6, 6.07) is 9.50. The van der Waals surface area contributed by atoms with Crippen LogP contribution in [0.3, 0.4) is 0 Å². The van der Waals surface area contributed by atoms with Crippen molar-refractivity contribution in [1.29, 1.82) is 0 Å². The van der Waals surface area contributed by atoms with Crippen LogP contribution in [-0.4, -0.2) is 7.11 Å². The van der Waals surface area contributed by atoms with Gasteiger partial charge in [-0.05, 0) is 40.2 Å². The molecule has 19 heavy (non-hydrogen) atoms. The summed E-state index contributed by atoms with van der Waals surface area (Å²) in [5.41, 5.74) is 1.19. The minimum absolute atomic E-state index is 0.208. The van der Waals surface area contributed by atoms with Crippen LogP contribution >= 0.6 is 15.9 Å². The van der Waals surface area contributed by atoms with Crippen LogP contribution in [-0.2, 0) is 6.54 Å². The lowest BCUT2D eigenvalue weighted by Crippen LogP contribution is -2.03. The maximum atomic E-state index is 13.9. The van der Waals surface area contributed by atoms with Crippen molar-refractivity contribution >= 4 is 21.6 Å². The zero-order valence-electron chi connectivity index (χ0n) is 10.2. The van der Waals surface area contributed by atoms with Gasteiger partial charge in [0.15, 0.2) is 11.6 Å². The van der Waals surface area contributed by atoms with Crippen molar-refractivity contribution in [3.8, 4) is 5.75 Å². The van der Waals surface area contributed by atoms with Crippen LogP contribution in [0.4, 0.5) is 14.5 Å². The van der Waals surface area contributed by atoms with Gasteiger partial charge < -0.3 is 10.1 Å². The molecule has 1 N–H and O–H groups in total. The fourth-order valence-corrected chi connectivity index (χ4v) is 2.03. The Kier molecular flexibility index (Phi) is 4.37. The van der Waals surface area contributed by atoms with Crippen molar-refractivity contribution in [1.82, 2.24) is 0 Å². The Balaban J connectivity index is 2.12. The number of rotatable bonds is 4. The van der Waals surface area contributed by atoms with Crippen molar-refractivity contribution in [3.63, 3.8) is 0 Å². The van der Waals surface area contributed by atoms with Crippen molar-refractivity contribution in [2.45, 2.75) is 6.54 Å². The molecule has 0 unspecified atom stereocenters.